The Morgan fingerprint density at radius 2 is 1.53 bits per heavy atom. The Hall–Kier alpha value is -1.60. The molecule has 2 aromatic rings. The highest BCUT2D eigenvalue weighted by Gasteiger charge is 1.95. The molecule has 0 fully saturated rings. The van der Waals surface area contributed by atoms with Gasteiger partial charge in [-0.05, 0) is 37.3 Å². The molecule has 0 aromatic heterocycles. The third-order valence-electron chi connectivity index (χ3n) is 3.24. The highest BCUT2D eigenvalue weighted by atomic mass is 16.5. The van der Waals surface area contributed by atoms with Crippen molar-refractivity contribution in [3.05, 3.63) is 71.3 Å². The largest absolute Gasteiger partial charge is 0.377 e. The van der Waals surface area contributed by atoms with E-state index in [1.54, 1.807) is 0 Å². The summed E-state index contributed by atoms with van der Waals surface area (Å²) in [7, 11) is 0. The van der Waals surface area contributed by atoms with Crippen LogP contribution in [0.3, 0.4) is 0 Å². The third-order valence-corrected chi connectivity index (χ3v) is 3.24. The fourth-order valence-corrected chi connectivity index (χ4v) is 2.05. The van der Waals surface area contributed by atoms with Gasteiger partial charge in [0.15, 0.2) is 0 Å². The highest BCUT2D eigenvalue weighted by molar-refractivity contribution is 5.21. The molecule has 0 heterocycles. The predicted octanol–water partition coefficient (Wildman–Crippen LogP) is 4.53. The van der Waals surface area contributed by atoms with Gasteiger partial charge in [-0.3, -0.25) is 0 Å². The maximum Gasteiger partial charge on any atom is 0.0716 e. The van der Waals surface area contributed by atoms with Crippen molar-refractivity contribution in [2.75, 3.05) is 6.61 Å². The van der Waals surface area contributed by atoms with E-state index in [2.05, 4.69) is 55.5 Å². The van der Waals surface area contributed by atoms with E-state index in [1.807, 2.05) is 6.07 Å². The van der Waals surface area contributed by atoms with E-state index in [4.69, 9.17) is 4.74 Å². The van der Waals surface area contributed by atoms with Crippen molar-refractivity contribution in [1.82, 2.24) is 0 Å². The molecule has 1 nitrogen and oxygen atoms in total. The molecule has 0 radical (unpaired) electrons. The molecule has 0 unspecified atom stereocenters. The lowest BCUT2D eigenvalue weighted by molar-refractivity contribution is 0.117. The highest BCUT2D eigenvalue weighted by Crippen LogP contribution is 2.08. The van der Waals surface area contributed by atoms with Gasteiger partial charge in [0.05, 0.1) is 6.61 Å². The molecule has 0 atom stereocenters. The zero-order chi connectivity index (χ0) is 13.3. The minimum atomic E-state index is 0.728. The van der Waals surface area contributed by atoms with Crippen molar-refractivity contribution in [2.45, 2.75) is 32.8 Å². The number of aryl methyl sites for hydroxylation is 2. The summed E-state index contributed by atoms with van der Waals surface area (Å²) in [6, 6.07) is 19.2. The Labute approximate surface area is 116 Å². The zero-order valence-electron chi connectivity index (χ0n) is 11.6. The molecule has 0 aliphatic carbocycles. The summed E-state index contributed by atoms with van der Waals surface area (Å²) in [6.45, 7) is 3.70. The van der Waals surface area contributed by atoms with Gasteiger partial charge in [0, 0.05) is 6.61 Å². The van der Waals surface area contributed by atoms with Gasteiger partial charge in [0.25, 0.3) is 0 Å². The van der Waals surface area contributed by atoms with Crippen LogP contribution in [0.5, 0.6) is 0 Å². The average molecular weight is 254 g/mol. The second kappa shape index (κ2) is 7.75. The van der Waals surface area contributed by atoms with E-state index in [9.17, 15) is 0 Å². The summed E-state index contributed by atoms with van der Waals surface area (Å²) >= 11 is 0. The summed E-state index contributed by atoms with van der Waals surface area (Å²) in [4.78, 5) is 0. The minimum Gasteiger partial charge on any atom is -0.377 e. The van der Waals surface area contributed by atoms with Gasteiger partial charge >= 0.3 is 0 Å². The van der Waals surface area contributed by atoms with Crippen molar-refractivity contribution in [3.8, 4) is 0 Å². The predicted molar refractivity (Wildman–Crippen MR) is 80.2 cm³/mol. The third kappa shape index (κ3) is 5.27. The molecular weight excluding hydrogens is 232 g/mol. The first kappa shape index (κ1) is 13.8. The zero-order valence-corrected chi connectivity index (χ0v) is 11.6. The molecule has 100 valence electrons. The van der Waals surface area contributed by atoms with Gasteiger partial charge in [-0.25, -0.2) is 0 Å². The van der Waals surface area contributed by atoms with Crippen LogP contribution in [-0.2, 0) is 17.8 Å². The molecule has 0 saturated carbocycles. The minimum absolute atomic E-state index is 0.728. The lowest BCUT2D eigenvalue weighted by Gasteiger charge is -2.05. The first-order valence-corrected chi connectivity index (χ1v) is 7.02. The maximum atomic E-state index is 5.68. The quantitative estimate of drug-likeness (QED) is 0.659. The van der Waals surface area contributed by atoms with Crippen LogP contribution in [0.25, 0.3) is 0 Å². The Morgan fingerprint density at radius 1 is 0.789 bits per heavy atom. The molecule has 0 amide bonds. The summed E-state index contributed by atoms with van der Waals surface area (Å²) in [5.74, 6) is 0. The molecule has 19 heavy (non-hydrogen) atoms. The van der Waals surface area contributed by atoms with Gasteiger partial charge in [0.1, 0.15) is 0 Å². The SMILES string of the molecule is Cc1ccc(CCCCOCc2ccccc2)cc1. The fourth-order valence-electron chi connectivity index (χ4n) is 2.05. The monoisotopic (exact) mass is 254 g/mol. The van der Waals surface area contributed by atoms with E-state index in [1.165, 1.54) is 23.1 Å². The number of hydrogen-bond acceptors (Lipinski definition) is 1. The van der Waals surface area contributed by atoms with Crippen molar-refractivity contribution in [1.29, 1.82) is 0 Å². The topological polar surface area (TPSA) is 9.23 Å². The van der Waals surface area contributed by atoms with Crippen LogP contribution in [0.4, 0.5) is 0 Å². The summed E-state index contributed by atoms with van der Waals surface area (Å²) < 4.78 is 5.68. The van der Waals surface area contributed by atoms with Crippen molar-refractivity contribution in [2.24, 2.45) is 0 Å². The van der Waals surface area contributed by atoms with E-state index in [0.717, 1.165) is 26.1 Å². The smallest absolute Gasteiger partial charge is 0.0716 e. The normalized spacial score (nSPS) is 10.6. The summed E-state index contributed by atoms with van der Waals surface area (Å²) in [6.07, 6.45) is 3.47. The second-order valence-electron chi connectivity index (χ2n) is 4.98. The standard InChI is InChI=1S/C18H22O/c1-16-10-12-17(13-11-16)7-5-6-14-19-15-18-8-3-2-4-9-18/h2-4,8-13H,5-7,14-15H2,1H3. The van der Waals surface area contributed by atoms with E-state index in [0.29, 0.717) is 0 Å². The first-order chi connectivity index (χ1) is 9.34. The van der Waals surface area contributed by atoms with Crippen molar-refractivity contribution in [3.63, 3.8) is 0 Å². The molecule has 0 N–H and O–H groups in total. The number of benzene rings is 2. The van der Waals surface area contributed by atoms with Gasteiger partial charge < -0.3 is 4.74 Å². The lowest BCUT2D eigenvalue weighted by Crippen LogP contribution is -1.96. The van der Waals surface area contributed by atoms with Gasteiger partial charge in [-0.2, -0.15) is 0 Å². The van der Waals surface area contributed by atoms with Gasteiger partial charge in [-0.15, -0.1) is 0 Å². The van der Waals surface area contributed by atoms with Crippen LogP contribution in [0, 0.1) is 6.92 Å². The summed E-state index contributed by atoms with van der Waals surface area (Å²) in [5, 5.41) is 0. The molecule has 0 aliphatic heterocycles. The Bertz CT molecular complexity index is 459. The molecule has 0 spiro atoms. The van der Waals surface area contributed by atoms with Crippen LogP contribution < -0.4 is 0 Å². The number of unbranched alkanes of at least 4 members (excludes halogenated alkanes) is 1. The Kier molecular flexibility index (Phi) is 5.64. The van der Waals surface area contributed by atoms with Crippen LogP contribution in [0.15, 0.2) is 54.6 Å². The summed E-state index contributed by atoms with van der Waals surface area (Å²) in [5.41, 5.74) is 4.00. The van der Waals surface area contributed by atoms with Crippen molar-refractivity contribution < 1.29 is 4.74 Å². The van der Waals surface area contributed by atoms with E-state index >= 15 is 0 Å². The van der Waals surface area contributed by atoms with Gasteiger partial charge in [0.2, 0.25) is 0 Å². The number of rotatable bonds is 7. The molecule has 2 rings (SSSR count). The first-order valence-electron chi connectivity index (χ1n) is 7.02. The fraction of sp³-hybridized carbons (Fsp3) is 0.333. The molecule has 1 heteroatoms. The van der Waals surface area contributed by atoms with Crippen LogP contribution in [-0.4, -0.2) is 6.61 Å². The van der Waals surface area contributed by atoms with Crippen LogP contribution in [0.2, 0.25) is 0 Å². The molecule has 0 saturated heterocycles. The number of hydrogen-bond donors (Lipinski definition) is 0. The van der Waals surface area contributed by atoms with Crippen LogP contribution >= 0.6 is 0 Å². The Balaban J connectivity index is 1.56. The molecular formula is C18H22O. The maximum absolute atomic E-state index is 5.68. The van der Waals surface area contributed by atoms with E-state index < -0.39 is 0 Å². The second-order valence-corrected chi connectivity index (χ2v) is 4.98. The number of ether oxygens (including phenoxy) is 1. The van der Waals surface area contributed by atoms with Crippen molar-refractivity contribution >= 4 is 0 Å². The molecule has 0 aliphatic rings. The molecule has 2 aromatic carbocycles. The molecule has 0 bridgehead atoms. The Morgan fingerprint density at radius 3 is 2.26 bits per heavy atom. The lowest BCUT2D eigenvalue weighted by atomic mass is 10.1. The van der Waals surface area contributed by atoms with E-state index in [-0.39, 0.29) is 0 Å². The average Bonchev–Trinajstić information content (AvgIpc) is 2.46. The van der Waals surface area contributed by atoms with Gasteiger partial charge in [-0.1, -0.05) is 60.2 Å². The van der Waals surface area contributed by atoms with Crippen LogP contribution in [0.1, 0.15) is 29.5 Å².